The van der Waals surface area contributed by atoms with E-state index in [1.54, 1.807) is 19.1 Å². The predicted molar refractivity (Wildman–Crippen MR) is 66.2 cm³/mol. The molecular weight excluding hydrogens is 290 g/mol. The van der Waals surface area contributed by atoms with Gasteiger partial charge in [-0.3, -0.25) is 4.79 Å². The van der Waals surface area contributed by atoms with Crippen LogP contribution in [0.3, 0.4) is 0 Å². The molecule has 1 unspecified atom stereocenters. The van der Waals surface area contributed by atoms with Crippen LogP contribution in [0.2, 0.25) is 0 Å². The van der Waals surface area contributed by atoms with Gasteiger partial charge >= 0.3 is 5.97 Å². The highest BCUT2D eigenvalue weighted by atomic mass is 79.9. The molecular formula is C11H12BrNO4. The molecule has 0 bridgehead atoms. The summed E-state index contributed by atoms with van der Waals surface area (Å²) in [6, 6.07) is 4.56. The van der Waals surface area contributed by atoms with E-state index in [1.807, 2.05) is 0 Å². The van der Waals surface area contributed by atoms with Crippen molar-refractivity contribution in [3.63, 3.8) is 0 Å². The number of anilines is 1. The number of benzene rings is 1. The number of amides is 1. The maximum Gasteiger partial charge on any atom is 0.336 e. The number of carbonyl (C=O) groups excluding carboxylic acids is 1. The van der Waals surface area contributed by atoms with Gasteiger partial charge in [-0.1, -0.05) is 0 Å². The number of ether oxygens (including phenoxy) is 1. The lowest BCUT2D eigenvalue weighted by atomic mass is 10.2. The molecule has 92 valence electrons. The van der Waals surface area contributed by atoms with E-state index >= 15 is 0 Å². The van der Waals surface area contributed by atoms with E-state index in [9.17, 15) is 9.59 Å². The molecule has 17 heavy (non-hydrogen) atoms. The monoisotopic (exact) mass is 301 g/mol. The van der Waals surface area contributed by atoms with E-state index in [4.69, 9.17) is 9.84 Å². The summed E-state index contributed by atoms with van der Waals surface area (Å²) < 4.78 is 5.31. The van der Waals surface area contributed by atoms with Gasteiger partial charge in [0, 0.05) is 17.3 Å². The van der Waals surface area contributed by atoms with Crippen LogP contribution in [0.25, 0.3) is 0 Å². The zero-order valence-corrected chi connectivity index (χ0v) is 10.9. The Kier molecular flexibility index (Phi) is 4.65. The minimum Gasteiger partial charge on any atom is -0.478 e. The largest absolute Gasteiger partial charge is 0.478 e. The van der Waals surface area contributed by atoms with Crippen LogP contribution < -0.4 is 5.32 Å². The lowest BCUT2D eigenvalue weighted by molar-refractivity contribution is -0.124. The SMILES string of the molecule is COC(C)C(=O)Nc1ccc(Br)c(C(=O)O)c1. The van der Waals surface area contributed by atoms with Crippen molar-refractivity contribution in [1.29, 1.82) is 0 Å². The number of carboxylic acids is 1. The van der Waals surface area contributed by atoms with Gasteiger partial charge in [-0.25, -0.2) is 4.79 Å². The molecule has 1 aromatic carbocycles. The first-order chi connectivity index (χ1) is 7.95. The summed E-state index contributed by atoms with van der Waals surface area (Å²) in [5, 5.41) is 11.5. The molecule has 1 amide bonds. The number of rotatable bonds is 4. The Morgan fingerprint density at radius 1 is 1.47 bits per heavy atom. The third kappa shape index (κ3) is 3.54. The fraction of sp³-hybridized carbons (Fsp3) is 0.273. The molecule has 0 saturated heterocycles. The van der Waals surface area contributed by atoms with Gasteiger partial charge < -0.3 is 15.2 Å². The molecule has 0 fully saturated rings. The number of hydrogen-bond donors (Lipinski definition) is 2. The molecule has 5 nitrogen and oxygen atoms in total. The maximum absolute atomic E-state index is 11.5. The van der Waals surface area contributed by atoms with E-state index in [0.29, 0.717) is 10.2 Å². The Morgan fingerprint density at radius 2 is 2.12 bits per heavy atom. The van der Waals surface area contributed by atoms with Crippen LogP contribution in [0, 0.1) is 0 Å². The van der Waals surface area contributed by atoms with Gasteiger partial charge in [-0.15, -0.1) is 0 Å². The topological polar surface area (TPSA) is 75.6 Å². The van der Waals surface area contributed by atoms with E-state index in [0.717, 1.165) is 0 Å². The fourth-order valence-corrected chi connectivity index (χ4v) is 1.53. The number of hydrogen-bond acceptors (Lipinski definition) is 3. The third-order valence-electron chi connectivity index (χ3n) is 2.19. The highest BCUT2D eigenvalue weighted by Gasteiger charge is 2.14. The summed E-state index contributed by atoms with van der Waals surface area (Å²) in [7, 11) is 1.43. The summed E-state index contributed by atoms with van der Waals surface area (Å²) in [6.45, 7) is 1.60. The lowest BCUT2D eigenvalue weighted by Gasteiger charge is -2.11. The first kappa shape index (κ1) is 13.7. The predicted octanol–water partition coefficient (Wildman–Crippen LogP) is 2.12. The lowest BCUT2D eigenvalue weighted by Crippen LogP contribution is -2.26. The number of halogens is 1. The van der Waals surface area contributed by atoms with Crippen LogP contribution in [0.5, 0.6) is 0 Å². The van der Waals surface area contributed by atoms with Crippen molar-refractivity contribution in [1.82, 2.24) is 0 Å². The molecule has 0 spiro atoms. The first-order valence-electron chi connectivity index (χ1n) is 4.82. The van der Waals surface area contributed by atoms with Crippen LogP contribution in [-0.4, -0.2) is 30.2 Å². The Morgan fingerprint density at radius 3 is 2.65 bits per heavy atom. The first-order valence-corrected chi connectivity index (χ1v) is 5.61. The van der Waals surface area contributed by atoms with E-state index in [1.165, 1.54) is 13.2 Å². The van der Waals surface area contributed by atoms with Gasteiger partial charge in [0.1, 0.15) is 6.10 Å². The van der Waals surface area contributed by atoms with Crippen molar-refractivity contribution in [2.24, 2.45) is 0 Å². The number of carbonyl (C=O) groups is 2. The second-order valence-electron chi connectivity index (χ2n) is 3.37. The minimum atomic E-state index is -1.06. The summed E-state index contributed by atoms with van der Waals surface area (Å²) in [5.41, 5.74) is 0.507. The highest BCUT2D eigenvalue weighted by molar-refractivity contribution is 9.10. The Labute approximate surface area is 107 Å². The van der Waals surface area contributed by atoms with Gasteiger partial charge in [0.25, 0.3) is 5.91 Å². The van der Waals surface area contributed by atoms with Crippen molar-refractivity contribution >= 4 is 33.5 Å². The van der Waals surface area contributed by atoms with E-state index in [2.05, 4.69) is 21.2 Å². The minimum absolute atomic E-state index is 0.0906. The second-order valence-corrected chi connectivity index (χ2v) is 4.22. The summed E-state index contributed by atoms with van der Waals surface area (Å²) >= 11 is 3.12. The zero-order valence-electron chi connectivity index (χ0n) is 9.36. The van der Waals surface area contributed by atoms with Crippen molar-refractivity contribution in [3.05, 3.63) is 28.2 Å². The van der Waals surface area contributed by atoms with Gasteiger partial charge in [-0.05, 0) is 41.1 Å². The number of aromatic carboxylic acids is 1. The van der Waals surface area contributed by atoms with Crippen molar-refractivity contribution in [2.75, 3.05) is 12.4 Å². The molecule has 1 atom stereocenters. The van der Waals surface area contributed by atoms with Gasteiger partial charge in [-0.2, -0.15) is 0 Å². The van der Waals surface area contributed by atoms with Crippen molar-refractivity contribution < 1.29 is 19.4 Å². The van der Waals surface area contributed by atoms with E-state index < -0.39 is 12.1 Å². The second kappa shape index (κ2) is 5.79. The smallest absolute Gasteiger partial charge is 0.336 e. The Bertz CT molecular complexity index is 447. The van der Waals surface area contributed by atoms with Crippen LogP contribution >= 0.6 is 15.9 Å². The average Bonchev–Trinajstić information content (AvgIpc) is 2.30. The molecule has 6 heteroatoms. The summed E-state index contributed by atoms with van der Waals surface area (Å²) in [5.74, 6) is -1.39. The maximum atomic E-state index is 11.5. The zero-order chi connectivity index (χ0) is 13.0. The highest BCUT2D eigenvalue weighted by Crippen LogP contribution is 2.21. The molecule has 1 aromatic rings. The number of carboxylic acid groups (broad SMARTS) is 1. The molecule has 1 rings (SSSR count). The normalized spacial score (nSPS) is 11.9. The van der Waals surface area contributed by atoms with Crippen LogP contribution in [0.1, 0.15) is 17.3 Å². The van der Waals surface area contributed by atoms with E-state index in [-0.39, 0.29) is 11.5 Å². The molecule has 0 aromatic heterocycles. The molecule has 0 heterocycles. The Balaban J connectivity index is 2.90. The molecule has 0 aliphatic heterocycles. The Hall–Kier alpha value is -1.40. The number of methoxy groups -OCH3 is 1. The van der Waals surface area contributed by atoms with Gasteiger partial charge in [0.15, 0.2) is 0 Å². The molecule has 0 saturated carbocycles. The summed E-state index contributed by atoms with van der Waals surface area (Å²) in [4.78, 5) is 22.4. The van der Waals surface area contributed by atoms with Crippen LogP contribution in [0.15, 0.2) is 22.7 Å². The molecule has 0 aliphatic carbocycles. The van der Waals surface area contributed by atoms with Crippen LogP contribution in [0.4, 0.5) is 5.69 Å². The van der Waals surface area contributed by atoms with Crippen molar-refractivity contribution in [2.45, 2.75) is 13.0 Å². The molecule has 2 N–H and O–H groups in total. The van der Waals surface area contributed by atoms with Gasteiger partial charge in [0.2, 0.25) is 0 Å². The number of nitrogens with one attached hydrogen (secondary N) is 1. The quantitative estimate of drug-likeness (QED) is 0.893. The summed E-state index contributed by atoms with van der Waals surface area (Å²) in [6.07, 6.45) is -0.591. The third-order valence-corrected chi connectivity index (χ3v) is 2.88. The van der Waals surface area contributed by atoms with Gasteiger partial charge in [0.05, 0.1) is 5.56 Å². The van der Waals surface area contributed by atoms with Crippen LogP contribution in [-0.2, 0) is 9.53 Å². The molecule has 0 aliphatic rings. The fourth-order valence-electron chi connectivity index (χ4n) is 1.12. The standard InChI is InChI=1S/C11H12BrNO4/c1-6(17-2)10(14)13-7-3-4-9(12)8(5-7)11(15)16/h3-6H,1-2H3,(H,13,14)(H,15,16). The molecule has 0 radical (unpaired) electrons. The van der Waals surface area contributed by atoms with Crippen molar-refractivity contribution in [3.8, 4) is 0 Å². The average molecular weight is 302 g/mol.